The minimum absolute atomic E-state index is 0.0920. The Bertz CT molecular complexity index is 1480. The molecule has 0 radical (unpaired) electrons. The molecule has 0 amide bonds. The molecule has 6 aromatic rings. The Balaban J connectivity index is 1.80. The molecule has 0 spiro atoms. The zero-order valence-electron chi connectivity index (χ0n) is 25.1. The molecule has 2 atom stereocenters. The van der Waals surface area contributed by atoms with Crippen LogP contribution in [0.2, 0.25) is 0 Å². The third-order valence-corrected chi connectivity index (χ3v) is 27.2. The molecule has 0 aliphatic rings. The second kappa shape index (κ2) is 11.9. The van der Waals surface area contributed by atoms with Crippen molar-refractivity contribution in [1.29, 1.82) is 0 Å². The standard InChI is InChI=1S/C40H38Cl2P2/c1-33(43(41,35-21-9-3-10-22-35,36-23-11-4-12-24-36)37-25-13-5-14-26-37)34(2)44(42,38-27-15-6-16-28-38,39-29-17-7-18-30-39)40-31-19-8-20-32-40/h3-34H,1-2H3. The average Bonchev–Trinajstić information content (AvgIpc) is 3.12. The van der Waals surface area contributed by atoms with Gasteiger partial charge in [0.2, 0.25) is 0 Å². The van der Waals surface area contributed by atoms with Crippen LogP contribution >= 0.6 is 34.4 Å². The van der Waals surface area contributed by atoms with E-state index in [1.54, 1.807) is 0 Å². The van der Waals surface area contributed by atoms with E-state index in [4.69, 9.17) is 22.5 Å². The number of benzene rings is 6. The average molecular weight is 652 g/mol. The molecule has 4 heteroatoms. The van der Waals surface area contributed by atoms with Gasteiger partial charge in [0, 0.05) is 0 Å². The van der Waals surface area contributed by atoms with Crippen LogP contribution in [0.1, 0.15) is 13.8 Å². The van der Waals surface area contributed by atoms with E-state index in [1.807, 2.05) is 0 Å². The van der Waals surface area contributed by atoms with Gasteiger partial charge >= 0.3 is 273 Å². The molecule has 6 rings (SSSR count). The third kappa shape index (κ3) is 4.35. The molecular weight excluding hydrogens is 613 g/mol. The summed E-state index contributed by atoms with van der Waals surface area (Å²) in [4.78, 5) is 0. The fourth-order valence-corrected chi connectivity index (χ4v) is 23.3. The second-order valence-corrected chi connectivity index (χ2v) is 24.9. The summed E-state index contributed by atoms with van der Waals surface area (Å²) in [6.07, 6.45) is 0. The van der Waals surface area contributed by atoms with Gasteiger partial charge in [-0.25, -0.2) is 0 Å². The Morgan fingerprint density at radius 1 is 0.295 bits per heavy atom. The van der Waals surface area contributed by atoms with Gasteiger partial charge in [-0.05, 0) is 0 Å². The molecular formula is C40H38Cl2P2. The predicted octanol–water partition coefficient (Wildman–Crippen LogP) is 9.13. The molecule has 6 aromatic carbocycles. The molecule has 0 fully saturated rings. The van der Waals surface area contributed by atoms with E-state index in [2.05, 4.69) is 196 Å². The van der Waals surface area contributed by atoms with Crippen LogP contribution in [0.3, 0.4) is 0 Å². The molecule has 0 aliphatic heterocycles. The summed E-state index contributed by atoms with van der Waals surface area (Å²) in [5.41, 5.74) is -0.184. The predicted molar refractivity (Wildman–Crippen MR) is 201 cm³/mol. The summed E-state index contributed by atoms with van der Waals surface area (Å²) < 4.78 is 0. The number of hydrogen-bond acceptors (Lipinski definition) is 0. The first-order valence-electron chi connectivity index (χ1n) is 15.1. The fraction of sp³-hybridized carbons (Fsp3) is 0.100. The first-order valence-corrected chi connectivity index (χ1v) is 21.6. The van der Waals surface area contributed by atoms with Crippen molar-refractivity contribution in [3.05, 3.63) is 182 Å². The molecule has 0 saturated heterocycles. The van der Waals surface area contributed by atoms with Gasteiger partial charge in [0.15, 0.2) is 0 Å². The van der Waals surface area contributed by atoms with Crippen molar-refractivity contribution in [1.82, 2.24) is 0 Å². The molecule has 0 N–H and O–H groups in total. The maximum atomic E-state index is 8.84. The van der Waals surface area contributed by atoms with Crippen LogP contribution in [0.4, 0.5) is 0 Å². The summed E-state index contributed by atoms with van der Waals surface area (Å²) in [5, 5.41) is 6.88. The topological polar surface area (TPSA) is 0 Å². The van der Waals surface area contributed by atoms with Gasteiger partial charge in [0.1, 0.15) is 0 Å². The second-order valence-electron chi connectivity index (χ2n) is 11.6. The van der Waals surface area contributed by atoms with Crippen LogP contribution in [0.15, 0.2) is 182 Å². The quantitative estimate of drug-likeness (QED) is 0.137. The van der Waals surface area contributed by atoms with Crippen LogP contribution < -0.4 is 31.8 Å². The monoisotopic (exact) mass is 650 g/mol. The molecule has 0 nitrogen and oxygen atoms in total. The van der Waals surface area contributed by atoms with Crippen LogP contribution in [0.5, 0.6) is 0 Å². The maximum absolute atomic E-state index is 8.84. The van der Waals surface area contributed by atoms with E-state index in [9.17, 15) is 0 Å². The van der Waals surface area contributed by atoms with Crippen molar-refractivity contribution < 1.29 is 0 Å². The van der Waals surface area contributed by atoms with Gasteiger partial charge in [-0.15, -0.1) is 0 Å². The molecule has 2 unspecified atom stereocenters. The van der Waals surface area contributed by atoms with E-state index < -0.39 is 11.9 Å². The summed E-state index contributed by atoms with van der Waals surface area (Å²) in [6.45, 7) is 4.72. The van der Waals surface area contributed by atoms with Gasteiger partial charge in [-0.2, -0.15) is 0 Å². The third-order valence-electron chi connectivity index (χ3n) is 9.79. The molecule has 0 aliphatic carbocycles. The van der Waals surface area contributed by atoms with Crippen LogP contribution in [-0.4, -0.2) is 11.3 Å². The molecule has 222 valence electrons. The zero-order chi connectivity index (χ0) is 30.7. The summed E-state index contributed by atoms with van der Waals surface area (Å²) in [7, 11) is 0. The van der Waals surface area contributed by atoms with E-state index in [-0.39, 0.29) is 11.3 Å². The zero-order valence-corrected chi connectivity index (χ0v) is 28.4. The van der Waals surface area contributed by atoms with E-state index in [0.717, 1.165) is 31.8 Å². The SMILES string of the molecule is CC(C(C)P(Cl)(c1ccccc1)(c1ccccc1)c1ccccc1)P(Cl)(c1ccccc1)(c1ccccc1)c1ccccc1. The number of hydrogen-bond donors (Lipinski definition) is 0. The number of halogens is 2. The Morgan fingerprint density at radius 3 is 0.568 bits per heavy atom. The van der Waals surface area contributed by atoms with Crippen molar-refractivity contribution >= 4 is 66.2 Å². The molecule has 0 heterocycles. The van der Waals surface area contributed by atoms with Crippen molar-refractivity contribution in [3.63, 3.8) is 0 Å². The summed E-state index contributed by atoms with van der Waals surface area (Å²) in [5.74, 6) is -7.53. The normalized spacial score (nSPS) is 15.2. The fourth-order valence-electron chi connectivity index (χ4n) is 7.43. The van der Waals surface area contributed by atoms with Gasteiger partial charge in [0.05, 0.1) is 0 Å². The Hall–Kier alpha value is -3.24. The van der Waals surface area contributed by atoms with Crippen LogP contribution in [0.25, 0.3) is 0 Å². The van der Waals surface area contributed by atoms with E-state index in [1.165, 1.54) is 0 Å². The first kappa shape index (κ1) is 30.8. The molecule has 0 saturated carbocycles. The number of rotatable bonds is 9. The van der Waals surface area contributed by atoms with Crippen molar-refractivity contribution in [2.75, 3.05) is 0 Å². The van der Waals surface area contributed by atoms with Crippen molar-refractivity contribution in [2.45, 2.75) is 25.2 Å². The van der Waals surface area contributed by atoms with Gasteiger partial charge in [0.25, 0.3) is 0 Å². The Kier molecular flexibility index (Phi) is 8.34. The first-order chi connectivity index (χ1) is 21.3. The van der Waals surface area contributed by atoms with Crippen molar-refractivity contribution in [2.24, 2.45) is 0 Å². The van der Waals surface area contributed by atoms with Crippen molar-refractivity contribution in [3.8, 4) is 0 Å². The van der Waals surface area contributed by atoms with Gasteiger partial charge in [-0.1, -0.05) is 0 Å². The Morgan fingerprint density at radius 2 is 0.432 bits per heavy atom. The van der Waals surface area contributed by atoms with E-state index in [0.29, 0.717) is 0 Å². The molecule has 0 bridgehead atoms. The van der Waals surface area contributed by atoms with Gasteiger partial charge < -0.3 is 0 Å². The molecule has 0 aromatic heterocycles. The van der Waals surface area contributed by atoms with Gasteiger partial charge in [-0.3, -0.25) is 0 Å². The van der Waals surface area contributed by atoms with Crippen LogP contribution in [-0.2, 0) is 0 Å². The summed E-state index contributed by atoms with van der Waals surface area (Å²) in [6, 6.07) is 64.6. The Labute approximate surface area is 272 Å². The summed E-state index contributed by atoms with van der Waals surface area (Å²) >= 11 is 17.7. The van der Waals surface area contributed by atoms with E-state index >= 15 is 0 Å². The van der Waals surface area contributed by atoms with Crippen LogP contribution in [0, 0.1) is 0 Å². The minimum atomic E-state index is -3.76. The molecule has 44 heavy (non-hydrogen) atoms.